The quantitative estimate of drug-likeness (QED) is 0.265. The molecule has 2 aromatic rings. The highest BCUT2D eigenvalue weighted by Gasteiger charge is 2.26. The summed E-state index contributed by atoms with van der Waals surface area (Å²) in [6.45, 7) is 16.7. The Hall–Kier alpha value is -4.01. The Labute approximate surface area is 244 Å². The Kier molecular flexibility index (Phi) is 13.7. The van der Waals surface area contributed by atoms with Crippen LogP contribution >= 0.6 is 0 Å². The maximum absolute atomic E-state index is 13.1. The van der Waals surface area contributed by atoms with Crippen LogP contribution in [0.3, 0.4) is 0 Å². The Morgan fingerprint density at radius 2 is 1.73 bits per heavy atom. The molecule has 2 amide bonds. The van der Waals surface area contributed by atoms with Gasteiger partial charge in [0, 0.05) is 30.4 Å². The van der Waals surface area contributed by atoms with Crippen LogP contribution in [0.2, 0.25) is 0 Å². The van der Waals surface area contributed by atoms with E-state index in [-0.39, 0.29) is 24.5 Å². The van der Waals surface area contributed by atoms with E-state index in [1.54, 1.807) is 42.9 Å². The van der Waals surface area contributed by atoms with E-state index in [0.717, 1.165) is 17.0 Å². The minimum Gasteiger partial charge on any atom is -0.493 e. The predicted molar refractivity (Wildman–Crippen MR) is 163 cm³/mol. The molecule has 9 heteroatoms. The summed E-state index contributed by atoms with van der Waals surface area (Å²) in [6.07, 6.45) is 8.18. The molecule has 0 radical (unpaired) electrons. The van der Waals surface area contributed by atoms with Crippen molar-refractivity contribution >= 4 is 17.5 Å². The number of methoxy groups -OCH3 is 2. The number of piperidine rings is 1. The Balaban J connectivity index is 0.00000138. The number of rotatable bonds is 12. The van der Waals surface area contributed by atoms with Gasteiger partial charge in [0.15, 0.2) is 23.8 Å². The van der Waals surface area contributed by atoms with Gasteiger partial charge in [-0.1, -0.05) is 52.8 Å². The van der Waals surface area contributed by atoms with Crippen molar-refractivity contribution < 1.29 is 23.8 Å². The zero-order valence-electron chi connectivity index (χ0n) is 25.5. The third kappa shape index (κ3) is 9.55. The van der Waals surface area contributed by atoms with E-state index < -0.39 is 0 Å². The number of aromatic nitrogens is 2. The molecule has 1 saturated heterocycles. The first-order valence-corrected chi connectivity index (χ1v) is 14.2. The standard InChI is InChI=1S/C28H36N4O5.C4H10/c1-7-9-24(20-10-11-25(35-5)26(16-20)36-6)32-22(8-2)17-23(30-32)28(34)29-21-12-14-31(15-13-21)27(33)18-37-19(3)4;1-3-4-2/h7,9-11,16-17,21H,1,3,8,12-15,18H2,2,4-6H3,(H,29,34);3-4H2,1-2H3/b24-9-;. The first-order chi connectivity index (χ1) is 19.7. The fraction of sp³-hybridized carbons (Fsp3) is 0.469. The van der Waals surface area contributed by atoms with Crippen molar-refractivity contribution in [3.05, 3.63) is 72.3 Å². The number of likely N-dealkylation sites (tertiary alicyclic amines) is 1. The summed E-state index contributed by atoms with van der Waals surface area (Å²) >= 11 is 0. The number of benzene rings is 1. The zero-order valence-corrected chi connectivity index (χ0v) is 25.5. The molecule has 1 aliphatic heterocycles. The number of ether oxygens (including phenoxy) is 3. The molecule has 1 N–H and O–H groups in total. The third-order valence-electron chi connectivity index (χ3n) is 6.69. The van der Waals surface area contributed by atoms with E-state index in [1.165, 1.54) is 12.8 Å². The van der Waals surface area contributed by atoms with Crippen LogP contribution in [0.5, 0.6) is 11.5 Å². The van der Waals surface area contributed by atoms with E-state index in [2.05, 4.69) is 37.4 Å². The van der Waals surface area contributed by atoms with Gasteiger partial charge in [0.1, 0.15) is 0 Å². The molecule has 1 aromatic heterocycles. The highest BCUT2D eigenvalue weighted by Crippen LogP contribution is 2.31. The van der Waals surface area contributed by atoms with Crippen molar-refractivity contribution in [3.8, 4) is 11.5 Å². The van der Waals surface area contributed by atoms with Crippen molar-refractivity contribution in [2.75, 3.05) is 33.9 Å². The molecule has 2 heterocycles. The fourth-order valence-electron chi connectivity index (χ4n) is 4.20. The highest BCUT2D eigenvalue weighted by atomic mass is 16.5. The van der Waals surface area contributed by atoms with Gasteiger partial charge in [-0.15, -0.1) is 0 Å². The van der Waals surface area contributed by atoms with Gasteiger partial charge < -0.3 is 24.4 Å². The molecule has 1 fully saturated rings. The average Bonchev–Trinajstić information content (AvgIpc) is 3.43. The van der Waals surface area contributed by atoms with Crippen LogP contribution in [0.25, 0.3) is 5.70 Å². The molecule has 0 bridgehead atoms. The van der Waals surface area contributed by atoms with Crippen molar-refractivity contribution in [1.82, 2.24) is 20.0 Å². The van der Waals surface area contributed by atoms with Gasteiger partial charge in [-0.25, -0.2) is 4.68 Å². The predicted octanol–water partition coefficient (Wildman–Crippen LogP) is 5.62. The van der Waals surface area contributed by atoms with E-state index in [4.69, 9.17) is 14.2 Å². The molecular formula is C32H46N4O5. The number of hydrogen-bond acceptors (Lipinski definition) is 6. The highest BCUT2D eigenvalue weighted by molar-refractivity contribution is 5.93. The Bertz CT molecular complexity index is 1210. The van der Waals surface area contributed by atoms with Crippen LogP contribution in [0.15, 0.2) is 55.3 Å². The Morgan fingerprint density at radius 1 is 1.07 bits per heavy atom. The van der Waals surface area contributed by atoms with Gasteiger partial charge in [0.2, 0.25) is 0 Å². The molecule has 1 aromatic carbocycles. The van der Waals surface area contributed by atoms with Crippen molar-refractivity contribution in [2.45, 2.75) is 65.8 Å². The van der Waals surface area contributed by atoms with Gasteiger partial charge in [0.05, 0.1) is 25.7 Å². The lowest BCUT2D eigenvalue weighted by Gasteiger charge is -2.32. The lowest BCUT2D eigenvalue weighted by molar-refractivity contribution is -0.135. The fourth-order valence-corrected chi connectivity index (χ4v) is 4.20. The monoisotopic (exact) mass is 566 g/mol. The first-order valence-electron chi connectivity index (χ1n) is 14.2. The minimum atomic E-state index is -0.242. The number of carbonyl (C=O) groups is 2. The summed E-state index contributed by atoms with van der Waals surface area (Å²) in [7, 11) is 3.17. The molecule has 1 aliphatic rings. The van der Waals surface area contributed by atoms with Gasteiger partial charge >= 0.3 is 0 Å². The smallest absolute Gasteiger partial charge is 0.272 e. The molecule has 0 aliphatic carbocycles. The average molecular weight is 567 g/mol. The molecule has 0 saturated carbocycles. The third-order valence-corrected chi connectivity index (χ3v) is 6.69. The van der Waals surface area contributed by atoms with Crippen LogP contribution in [-0.2, 0) is 16.0 Å². The SMILES string of the molecule is C=C/C=C(/c1ccc(OC)c(OC)c1)n1nc(C(=O)NC2CCN(C(=O)COC(=C)C)CC2)cc1CC.CCCC. The molecule has 0 atom stereocenters. The molecule has 224 valence electrons. The largest absolute Gasteiger partial charge is 0.493 e. The number of amides is 2. The van der Waals surface area contributed by atoms with Gasteiger partial charge in [0.25, 0.3) is 11.8 Å². The second-order valence-corrected chi connectivity index (χ2v) is 9.76. The second-order valence-electron chi connectivity index (χ2n) is 9.76. The number of aryl methyl sites for hydroxylation is 1. The summed E-state index contributed by atoms with van der Waals surface area (Å²) < 4.78 is 17.8. The first kappa shape index (κ1) is 33.2. The number of unbranched alkanes of at least 4 members (excludes halogenated alkanes) is 1. The maximum atomic E-state index is 13.1. The normalized spacial score (nSPS) is 13.5. The van der Waals surface area contributed by atoms with Crippen LogP contribution in [0.1, 0.15) is 75.1 Å². The van der Waals surface area contributed by atoms with E-state index in [9.17, 15) is 9.59 Å². The molecule has 9 nitrogen and oxygen atoms in total. The molecule has 0 unspecified atom stereocenters. The summed E-state index contributed by atoms with van der Waals surface area (Å²) in [4.78, 5) is 27.1. The summed E-state index contributed by atoms with van der Waals surface area (Å²) in [5.74, 6) is 1.41. The van der Waals surface area contributed by atoms with Gasteiger partial charge in [-0.2, -0.15) is 5.10 Å². The Morgan fingerprint density at radius 3 is 2.27 bits per heavy atom. The van der Waals surface area contributed by atoms with Crippen LogP contribution in [-0.4, -0.2) is 66.5 Å². The van der Waals surface area contributed by atoms with Gasteiger partial charge in [-0.05, 0) is 56.5 Å². The number of allylic oxidation sites excluding steroid dienone is 3. The molecule has 3 rings (SSSR count). The minimum absolute atomic E-state index is 0.00970. The van der Waals surface area contributed by atoms with Gasteiger partial charge in [-0.3, -0.25) is 9.59 Å². The second kappa shape index (κ2) is 16.9. The van der Waals surface area contributed by atoms with E-state index in [0.29, 0.717) is 55.3 Å². The molecule has 0 spiro atoms. The molecular weight excluding hydrogens is 520 g/mol. The van der Waals surface area contributed by atoms with E-state index >= 15 is 0 Å². The van der Waals surface area contributed by atoms with Crippen LogP contribution < -0.4 is 14.8 Å². The van der Waals surface area contributed by atoms with Crippen molar-refractivity contribution in [1.29, 1.82) is 0 Å². The summed E-state index contributed by atoms with van der Waals surface area (Å²) in [6, 6.07) is 7.37. The topological polar surface area (TPSA) is 94.9 Å². The van der Waals surface area contributed by atoms with Crippen LogP contribution in [0, 0.1) is 0 Å². The number of nitrogens with one attached hydrogen (secondary N) is 1. The van der Waals surface area contributed by atoms with Crippen molar-refractivity contribution in [2.24, 2.45) is 0 Å². The lowest BCUT2D eigenvalue weighted by atomic mass is 10.0. The number of carbonyl (C=O) groups excluding carboxylic acids is 2. The number of hydrogen-bond donors (Lipinski definition) is 1. The maximum Gasteiger partial charge on any atom is 0.272 e. The van der Waals surface area contributed by atoms with Crippen molar-refractivity contribution in [3.63, 3.8) is 0 Å². The summed E-state index contributed by atoms with van der Waals surface area (Å²) in [5, 5.41) is 7.73. The lowest BCUT2D eigenvalue weighted by Crippen LogP contribution is -2.47. The van der Waals surface area contributed by atoms with Crippen LogP contribution in [0.4, 0.5) is 0 Å². The number of nitrogens with zero attached hydrogens (tertiary/aromatic N) is 3. The zero-order chi connectivity index (χ0) is 30.4. The molecule has 41 heavy (non-hydrogen) atoms. The summed E-state index contributed by atoms with van der Waals surface area (Å²) in [5.41, 5.74) is 2.82. The van der Waals surface area contributed by atoms with E-state index in [1.807, 2.05) is 31.2 Å².